The van der Waals surface area contributed by atoms with Crippen LogP contribution in [0.3, 0.4) is 0 Å². The number of allylic oxidation sites excluding steroid dienone is 4. The fourth-order valence-corrected chi connectivity index (χ4v) is 3.84. The first-order chi connectivity index (χ1) is 18.0. The molecular weight excluding hydrogens is 473 g/mol. The maximum absolute atomic E-state index is 14.4. The van der Waals surface area contributed by atoms with Crippen molar-refractivity contribution in [3.05, 3.63) is 108 Å². The minimum absolute atomic E-state index is 0.0788. The number of rotatable bonds is 9. The lowest BCUT2D eigenvalue weighted by atomic mass is 10.0. The molecule has 0 bridgehead atoms. The predicted octanol–water partition coefficient (Wildman–Crippen LogP) is 6.69. The summed E-state index contributed by atoms with van der Waals surface area (Å²) in [7, 11) is 3.07. The van der Waals surface area contributed by atoms with Crippen LogP contribution in [-0.4, -0.2) is 25.2 Å². The van der Waals surface area contributed by atoms with Gasteiger partial charge < -0.3 is 24.6 Å². The van der Waals surface area contributed by atoms with Crippen molar-refractivity contribution in [1.29, 1.82) is 0 Å². The van der Waals surface area contributed by atoms with E-state index in [0.717, 1.165) is 22.4 Å². The molecule has 3 aromatic carbocycles. The zero-order valence-electron chi connectivity index (χ0n) is 20.7. The van der Waals surface area contributed by atoms with Gasteiger partial charge in [0.1, 0.15) is 17.2 Å². The molecule has 0 spiro atoms. The van der Waals surface area contributed by atoms with Gasteiger partial charge in [-0.2, -0.15) is 0 Å². The molecule has 6 nitrogen and oxygen atoms in total. The number of hydrogen-bond acceptors (Lipinski definition) is 5. The molecule has 0 aliphatic heterocycles. The van der Waals surface area contributed by atoms with Gasteiger partial charge in [0.2, 0.25) is 11.7 Å². The summed E-state index contributed by atoms with van der Waals surface area (Å²) in [4.78, 5) is 12.5. The molecule has 0 heterocycles. The molecule has 1 aliphatic rings. The Morgan fingerprint density at radius 1 is 0.973 bits per heavy atom. The van der Waals surface area contributed by atoms with E-state index in [-0.39, 0.29) is 41.0 Å². The summed E-state index contributed by atoms with van der Waals surface area (Å²) in [5, 5.41) is 13.1. The highest BCUT2D eigenvalue weighted by Crippen LogP contribution is 2.32. The number of carbonyl (C=O) groups is 1. The second-order valence-corrected chi connectivity index (χ2v) is 8.35. The Labute approximate surface area is 215 Å². The monoisotopic (exact) mass is 501 g/mol. The minimum atomic E-state index is -0.584. The van der Waals surface area contributed by atoms with E-state index in [4.69, 9.17) is 14.2 Å². The quantitative estimate of drug-likeness (QED) is 0.320. The Kier molecular flexibility index (Phi) is 8.26. The number of nitrogens with one attached hydrogen (secondary N) is 1. The first-order valence-electron chi connectivity index (χ1n) is 11.8. The van der Waals surface area contributed by atoms with Crippen molar-refractivity contribution < 1.29 is 28.5 Å². The molecule has 3 aromatic rings. The van der Waals surface area contributed by atoms with Crippen LogP contribution in [0.2, 0.25) is 0 Å². The standard InChI is InChI=1S/C30H28FNO5/c1-35-23-7-5-6-22(18-23)21-13-10-20(11-14-21)12-17-29(34)32-26-16-15-24(19-27(26)33)37-30-25(31)8-3-4-9-28(30)36-2/h3,5-11,13-16,18-19,33H,4,12,17H2,1-2H3,(H,32,34). The van der Waals surface area contributed by atoms with E-state index in [2.05, 4.69) is 5.32 Å². The summed E-state index contributed by atoms with van der Waals surface area (Å²) in [5.74, 6) is 0.160. The number of aromatic hydroxyl groups is 1. The van der Waals surface area contributed by atoms with Crippen molar-refractivity contribution in [3.63, 3.8) is 0 Å². The number of halogens is 1. The van der Waals surface area contributed by atoms with Crippen molar-refractivity contribution in [2.24, 2.45) is 0 Å². The Hall–Kier alpha value is -4.52. The summed E-state index contributed by atoms with van der Waals surface area (Å²) in [6, 6.07) is 20.2. The Morgan fingerprint density at radius 3 is 2.51 bits per heavy atom. The molecule has 1 amide bonds. The van der Waals surface area contributed by atoms with E-state index >= 15 is 0 Å². The summed E-state index contributed by atoms with van der Waals surface area (Å²) in [5.41, 5.74) is 3.37. The van der Waals surface area contributed by atoms with Gasteiger partial charge in [-0.05, 0) is 65.9 Å². The predicted molar refractivity (Wildman–Crippen MR) is 141 cm³/mol. The number of amides is 1. The van der Waals surface area contributed by atoms with Crippen LogP contribution in [0.15, 0.2) is 102 Å². The molecule has 0 saturated heterocycles. The number of benzene rings is 3. The molecule has 37 heavy (non-hydrogen) atoms. The third kappa shape index (κ3) is 6.58. The summed E-state index contributed by atoms with van der Waals surface area (Å²) in [6.45, 7) is 0. The number of carbonyl (C=O) groups excluding carboxylic acids is 1. The SMILES string of the molecule is COC1=CCC=CC(F)=C1Oc1ccc(NC(=O)CCc2ccc(-c3cccc(OC)c3)cc2)c(O)c1. The highest BCUT2D eigenvalue weighted by molar-refractivity contribution is 5.92. The second kappa shape index (κ2) is 11.9. The fourth-order valence-electron chi connectivity index (χ4n) is 3.84. The van der Waals surface area contributed by atoms with Crippen LogP contribution < -0.4 is 14.8 Å². The van der Waals surface area contributed by atoms with E-state index in [0.29, 0.717) is 12.8 Å². The number of methoxy groups -OCH3 is 2. The smallest absolute Gasteiger partial charge is 0.224 e. The summed E-state index contributed by atoms with van der Waals surface area (Å²) in [6.07, 6.45) is 5.93. The average molecular weight is 502 g/mol. The van der Waals surface area contributed by atoms with Gasteiger partial charge in [-0.25, -0.2) is 4.39 Å². The molecule has 2 N–H and O–H groups in total. The molecule has 0 unspecified atom stereocenters. The van der Waals surface area contributed by atoms with Crippen molar-refractivity contribution >= 4 is 11.6 Å². The van der Waals surface area contributed by atoms with Gasteiger partial charge in [-0.3, -0.25) is 4.79 Å². The van der Waals surface area contributed by atoms with Gasteiger partial charge in [0.05, 0.1) is 19.9 Å². The van der Waals surface area contributed by atoms with Crippen molar-refractivity contribution in [2.75, 3.05) is 19.5 Å². The molecule has 0 saturated carbocycles. The number of anilines is 1. The first kappa shape index (κ1) is 25.6. The Balaban J connectivity index is 1.34. The number of ether oxygens (including phenoxy) is 3. The largest absolute Gasteiger partial charge is 0.506 e. The van der Waals surface area contributed by atoms with E-state index < -0.39 is 5.83 Å². The van der Waals surface area contributed by atoms with Crippen LogP contribution in [0.4, 0.5) is 10.1 Å². The molecule has 0 atom stereocenters. The van der Waals surface area contributed by atoms with Gasteiger partial charge in [-0.15, -0.1) is 0 Å². The second-order valence-electron chi connectivity index (χ2n) is 8.35. The average Bonchev–Trinajstić information content (AvgIpc) is 3.10. The van der Waals surface area contributed by atoms with E-state index in [1.807, 2.05) is 48.5 Å². The summed E-state index contributed by atoms with van der Waals surface area (Å²) >= 11 is 0. The number of hydrogen-bond donors (Lipinski definition) is 2. The van der Waals surface area contributed by atoms with E-state index in [1.165, 1.54) is 31.4 Å². The lowest BCUT2D eigenvalue weighted by molar-refractivity contribution is -0.116. The van der Waals surface area contributed by atoms with Crippen molar-refractivity contribution in [1.82, 2.24) is 0 Å². The molecule has 190 valence electrons. The topological polar surface area (TPSA) is 77.0 Å². The highest BCUT2D eigenvalue weighted by atomic mass is 19.1. The van der Waals surface area contributed by atoms with E-state index in [1.54, 1.807) is 19.3 Å². The van der Waals surface area contributed by atoms with Crippen LogP contribution in [0, 0.1) is 0 Å². The molecule has 0 fully saturated rings. The van der Waals surface area contributed by atoms with Gasteiger partial charge in [0.15, 0.2) is 11.6 Å². The Bertz CT molecular complexity index is 1360. The molecule has 7 heteroatoms. The van der Waals surface area contributed by atoms with Gasteiger partial charge in [0, 0.05) is 12.5 Å². The van der Waals surface area contributed by atoms with E-state index in [9.17, 15) is 14.3 Å². The Morgan fingerprint density at radius 2 is 1.78 bits per heavy atom. The maximum Gasteiger partial charge on any atom is 0.224 e. The molecule has 4 rings (SSSR count). The van der Waals surface area contributed by atoms with Gasteiger partial charge in [-0.1, -0.05) is 42.5 Å². The van der Waals surface area contributed by atoms with Gasteiger partial charge >= 0.3 is 0 Å². The first-order valence-corrected chi connectivity index (χ1v) is 11.8. The van der Waals surface area contributed by atoms with Crippen molar-refractivity contribution in [3.8, 4) is 28.4 Å². The maximum atomic E-state index is 14.4. The molecular formula is C30H28FNO5. The zero-order chi connectivity index (χ0) is 26.2. The van der Waals surface area contributed by atoms with Crippen LogP contribution in [0.5, 0.6) is 17.2 Å². The normalized spacial score (nSPS) is 13.0. The van der Waals surface area contributed by atoms with Crippen LogP contribution in [0.1, 0.15) is 18.4 Å². The lowest BCUT2D eigenvalue weighted by Gasteiger charge is -2.14. The van der Waals surface area contributed by atoms with Gasteiger partial charge in [0.25, 0.3) is 0 Å². The minimum Gasteiger partial charge on any atom is -0.506 e. The zero-order valence-corrected chi connectivity index (χ0v) is 20.7. The number of phenols is 1. The van der Waals surface area contributed by atoms with Crippen molar-refractivity contribution in [2.45, 2.75) is 19.3 Å². The molecule has 0 radical (unpaired) electrons. The fraction of sp³-hybridized carbons (Fsp3) is 0.167. The number of phenolic OH excluding ortho intramolecular Hbond substituents is 1. The molecule has 1 aliphatic carbocycles. The van der Waals surface area contributed by atoms with Crippen LogP contribution in [-0.2, 0) is 16.0 Å². The third-order valence-electron chi connectivity index (χ3n) is 5.83. The summed E-state index contributed by atoms with van der Waals surface area (Å²) < 4.78 is 30.5. The van der Waals surface area contributed by atoms with Crippen LogP contribution in [0.25, 0.3) is 11.1 Å². The lowest BCUT2D eigenvalue weighted by Crippen LogP contribution is -2.12. The number of aryl methyl sites for hydroxylation is 1. The van der Waals surface area contributed by atoms with Crippen LogP contribution >= 0.6 is 0 Å². The highest BCUT2D eigenvalue weighted by Gasteiger charge is 2.17. The third-order valence-corrected chi connectivity index (χ3v) is 5.83. The molecule has 0 aromatic heterocycles.